The minimum atomic E-state index is -0.884. The van der Waals surface area contributed by atoms with Crippen LogP contribution in [0.1, 0.15) is 44.9 Å². The molecule has 0 aliphatic carbocycles. The van der Waals surface area contributed by atoms with Gasteiger partial charge in [0.25, 0.3) is 0 Å². The molecule has 6 heteroatoms. The Bertz CT molecular complexity index is 1050. The third-order valence-corrected chi connectivity index (χ3v) is 5.46. The molecule has 0 N–H and O–H groups in total. The highest BCUT2D eigenvalue weighted by atomic mass is 35.5. The van der Waals surface area contributed by atoms with Crippen LogP contribution < -0.4 is 14.2 Å². The molecule has 3 rings (SSSR count). The van der Waals surface area contributed by atoms with E-state index in [4.69, 9.17) is 30.5 Å². The number of carbonyl (C=O) groups excluding carboxylic acids is 1. The van der Waals surface area contributed by atoms with Crippen LogP contribution in [0.3, 0.4) is 0 Å². The van der Waals surface area contributed by atoms with E-state index in [-0.39, 0.29) is 11.5 Å². The van der Waals surface area contributed by atoms with Gasteiger partial charge in [-0.2, -0.15) is 0 Å². The molecule has 0 spiro atoms. The van der Waals surface area contributed by atoms with Gasteiger partial charge in [-0.25, -0.2) is 4.79 Å². The first-order valence-corrected chi connectivity index (χ1v) is 11.5. The lowest BCUT2D eigenvalue weighted by atomic mass is 9.87. The standard InChI is InChI=1S/C28H31ClO5/c1-19(18-32-23-16-10-22(29)11-17-23)33-24-12-6-20(7-13-24)26(27(30)31-5)34-25-14-8-21(9-15-25)28(2,3)4/h6-17,19,26H,18H2,1-5H3. The molecule has 0 heterocycles. The maximum absolute atomic E-state index is 12.4. The van der Waals surface area contributed by atoms with E-state index in [1.165, 1.54) is 12.7 Å². The van der Waals surface area contributed by atoms with E-state index in [1.807, 2.05) is 43.3 Å². The van der Waals surface area contributed by atoms with Crippen LogP contribution in [0.5, 0.6) is 17.2 Å². The lowest BCUT2D eigenvalue weighted by Gasteiger charge is -2.21. The number of rotatable bonds is 9. The molecule has 180 valence electrons. The second-order valence-corrected chi connectivity index (χ2v) is 9.49. The van der Waals surface area contributed by atoms with Crippen molar-refractivity contribution in [2.24, 2.45) is 0 Å². The molecule has 3 aromatic carbocycles. The third kappa shape index (κ3) is 7.16. The molecule has 0 radical (unpaired) electrons. The Labute approximate surface area is 206 Å². The highest BCUT2D eigenvalue weighted by molar-refractivity contribution is 6.30. The molecule has 0 amide bonds. The van der Waals surface area contributed by atoms with Gasteiger partial charge in [-0.15, -0.1) is 0 Å². The predicted octanol–water partition coefficient (Wildman–Crippen LogP) is 6.78. The summed E-state index contributed by atoms with van der Waals surface area (Å²) >= 11 is 5.90. The Balaban J connectivity index is 1.63. The van der Waals surface area contributed by atoms with Crippen LogP contribution in [0.2, 0.25) is 5.02 Å². The predicted molar refractivity (Wildman–Crippen MR) is 134 cm³/mol. The van der Waals surface area contributed by atoms with Crippen LogP contribution in [0.25, 0.3) is 0 Å². The van der Waals surface area contributed by atoms with Crippen molar-refractivity contribution in [3.8, 4) is 17.2 Å². The van der Waals surface area contributed by atoms with Crippen molar-refractivity contribution < 1.29 is 23.7 Å². The van der Waals surface area contributed by atoms with Gasteiger partial charge in [-0.3, -0.25) is 0 Å². The molecule has 2 unspecified atom stereocenters. The minimum absolute atomic E-state index is 0.0348. The van der Waals surface area contributed by atoms with E-state index in [0.29, 0.717) is 28.7 Å². The molecule has 3 aromatic rings. The Morgan fingerprint density at radius 1 is 0.824 bits per heavy atom. The summed E-state index contributed by atoms with van der Waals surface area (Å²) in [7, 11) is 1.35. The fourth-order valence-electron chi connectivity index (χ4n) is 3.26. The molecular formula is C28H31ClO5. The van der Waals surface area contributed by atoms with Crippen molar-refractivity contribution in [2.45, 2.75) is 45.3 Å². The summed E-state index contributed by atoms with van der Waals surface area (Å²) in [6, 6.07) is 22.1. The average molecular weight is 483 g/mol. The number of esters is 1. The van der Waals surface area contributed by atoms with E-state index in [0.717, 1.165) is 5.75 Å². The van der Waals surface area contributed by atoms with Crippen molar-refractivity contribution >= 4 is 17.6 Å². The molecule has 0 bridgehead atoms. The number of hydrogen-bond acceptors (Lipinski definition) is 5. The monoisotopic (exact) mass is 482 g/mol. The van der Waals surface area contributed by atoms with Gasteiger partial charge < -0.3 is 18.9 Å². The Hall–Kier alpha value is -3.18. The SMILES string of the molecule is COC(=O)C(Oc1ccc(C(C)(C)C)cc1)c1ccc(OC(C)COc2ccc(Cl)cc2)cc1. The van der Waals surface area contributed by atoms with Gasteiger partial charge in [0.2, 0.25) is 6.10 Å². The molecule has 2 atom stereocenters. The van der Waals surface area contributed by atoms with E-state index in [9.17, 15) is 4.79 Å². The molecule has 0 aliphatic heterocycles. The van der Waals surface area contributed by atoms with Gasteiger partial charge in [0.05, 0.1) is 7.11 Å². The Morgan fingerprint density at radius 2 is 1.35 bits per heavy atom. The van der Waals surface area contributed by atoms with Crippen LogP contribution in [0.15, 0.2) is 72.8 Å². The second-order valence-electron chi connectivity index (χ2n) is 9.06. The van der Waals surface area contributed by atoms with Gasteiger partial charge in [0.1, 0.15) is 30.0 Å². The van der Waals surface area contributed by atoms with Crippen molar-refractivity contribution in [3.05, 3.63) is 88.9 Å². The zero-order chi connectivity index (χ0) is 24.7. The normalized spacial score (nSPS) is 13.0. The molecule has 0 fully saturated rings. The molecule has 0 saturated carbocycles. The number of methoxy groups -OCH3 is 1. The van der Waals surface area contributed by atoms with Crippen molar-refractivity contribution in [2.75, 3.05) is 13.7 Å². The van der Waals surface area contributed by atoms with Crippen LogP contribution in [0, 0.1) is 0 Å². The summed E-state index contributed by atoms with van der Waals surface area (Å²) in [4.78, 5) is 12.4. The summed E-state index contributed by atoms with van der Waals surface area (Å²) < 4.78 is 22.6. The largest absolute Gasteiger partial charge is 0.490 e. The molecule has 5 nitrogen and oxygen atoms in total. The van der Waals surface area contributed by atoms with Crippen LogP contribution >= 0.6 is 11.6 Å². The topological polar surface area (TPSA) is 54.0 Å². The highest BCUT2D eigenvalue weighted by Gasteiger charge is 2.24. The first-order chi connectivity index (χ1) is 16.2. The summed E-state index contributed by atoms with van der Waals surface area (Å²) in [5.41, 5.74) is 1.89. The fraction of sp³-hybridized carbons (Fsp3) is 0.321. The number of carbonyl (C=O) groups is 1. The smallest absolute Gasteiger partial charge is 0.351 e. The van der Waals surface area contributed by atoms with Crippen molar-refractivity contribution in [3.63, 3.8) is 0 Å². The number of benzene rings is 3. The number of ether oxygens (including phenoxy) is 4. The van der Waals surface area contributed by atoms with Crippen molar-refractivity contribution in [1.82, 2.24) is 0 Å². The van der Waals surface area contributed by atoms with Gasteiger partial charge >= 0.3 is 5.97 Å². The summed E-state index contributed by atoms with van der Waals surface area (Å²) in [6.07, 6.45) is -1.07. The quantitative estimate of drug-likeness (QED) is 0.315. The first kappa shape index (κ1) is 25.4. The van der Waals surface area contributed by atoms with Gasteiger partial charge in [-0.05, 0) is 66.4 Å². The average Bonchev–Trinajstić information content (AvgIpc) is 2.82. The zero-order valence-corrected chi connectivity index (χ0v) is 21.0. The zero-order valence-electron chi connectivity index (χ0n) is 20.2. The number of hydrogen-bond donors (Lipinski definition) is 0. The lowest BCUT2D eigenvalue weighted by molar-refractivity contribution is -0.149. The minimum Gasteiger partial charge on any atom is -0.490 e. The fourth-order valence-corrected chi connectivity index (χ4v) is 3.39. The maximum atomic E-state index is 12.4. The Morgan fingerprint density at radius 3 is 1.91 bits per heavy atom. The van der Waals surface area contributed by atoms with E-state index in [2.05, 4.69) is 20.8 Å². The molecular weight excluding hydrogens is 452 g/mol. The lowest BCUT2D eigenvalue weighted by Crippen LogP contribution is -2.22. The highest BCUT2D eigenvalue weighted by Crippen LogP contribution is 2.28. The Kier molecular flexibility index (Phi) is 8.46. The van der Waals surface area contributed by atoms with Crippen LogP contribution in [-0.4, -0.2) is 25.8 Å². The van der Waals surface area contributed by atoms with E-state index < -0.39 is 12.1 Å². The van der Waals surface area contributed by atoms with Crippen molar-refractivity contribution in [1.29, 1.82) is 0 Å². The van der Waals surface area contributed by atoms with Crippen LogP contribution in [-0.2, 0) is 14.9 Å². The molecule has 34 heavy (non-hydrogen) atoms. The maximum Gasteiger partial charge on any atom is 0.351 e. The van der Waals surface area contributed by atoms with E-state index >= 15 is 0 Å². The van der Waals surface area contributed by atoms with E-state index in [1.54, 1.807) is 36.4 Å². The summed E-state index contributed by atoms with van der Waals surface area (Å²) in [5, 5.41) is 0.660. The van der Waals surface area contributed by atoms with Gasteiger partial charge in [0, 0.05) is 10.6 Å². The third-order valence-electron chi connectivity index (χ3n) is 5.21. The molecule has 0 aliphatic rings. The van der Waals surface area contributed by atoms with Gasteiger partial charge in [-0.1, -0.05) is 56.6 Å². The number of halogens is 1. The second kappa shape index (κ2) is 11.3. The summed E-state index contributed by atoms with van der Waals surface area (Å²) in [5.74, 6) is 1.51. The van der Waals surface area contributed by atoms with Gasteiger partial charge in [0.15, 0.2) is 0 Å². The first-order valence-electron chi connectivity index (χ1n) is 11.2. The van der Waals surface area contributed by atoms with Crippen LogP contribution in [0.4, 0.5) is 0 Å². The molecule has 0 saturated heterocycles. The molecule has 0 aromatic heterocycles. The summed E-state index contributed by atoms with van der Waals surface area (Å²) in [6.45, 7) is 8.74.